The van der Waals surface area contributed by atoms with Crippen molar-refractivity contribution in [2.75, 3.05) is 6.61 Å². The monoisotopic (exact) mass is 579 g/mol. The van der Waals surface area contributed by atoms with Gasteiger partial charge < -0.3 is 24.8 Å². The van der Waals surface area contributed by atoms with E-state index in [1.807, 2.05) is 13.8 Å². The normalized spacial score (nSPS) is 29.2. The zero-order chi connectivity index (χ0) is 30.1. The van der Waals surface area contributed by atoms with Crippen molar-refractivity contribution in [3.8, 4) is 22.8 Å². The van der Waals surface area contributed by atoms with Crippen LogP contribution in [0.3, 0.4) is 0 Å². The van der Waals surface area contributed by atoms with Gasteiger partial charge in [0, 0.05) is 35.4 Å². The number of carbonyl (C=O) groups is 1. The van der Waals surface area contributed by atoms with Crippen LogP contribution in [-0.2, 0) is 17.8 Å². The SMILES string of the molecule is Cc1cc(OCC2CC(C)(O)C(C)(O)C2)cc(C)c1-c1cc(COc2cc3c(cn2)C2C(C3)C2C(=O)O)c(F)cc1F. The third kappa shape index (κ3) is 4.92. The lowest BCUT2D eigenvalue weighted by molar-refractivity contribution is -0.139. The minimum Gasteiger partial charge on any atom is -0.493 e. The minimum absolute atomic E-state index is 0.00910. The van der Waals surface area contributed by atoms with Crippen LogP contribution in [0.1, 0.15) is 60.4 Å². The molecule has 2 aromatic carbocycles. The van der Waals surface area contributed by atoms with Gasteiger partial charge in [0.05, 0.1) is 23.7 Å². The van der Waals surface area contributed by atoms with E-state index in [9.17, 15) is 24.5 Å². The quantitative estimate of drug-likeness (QED) is 0.324. The lowest BCUT2D eigenvalue weighted by atomic mass is 9.90. The number of aromatic nitrogens is 1. The van der Waals surface area contributed by atoms with Crippen molar-refractivity contribution in [2.24, 2.45) is 17.8 Å². The molecule has 5 atom stereocenters. The summed E-state index contributed by atoms with van der Waals surface area (Å²) in [4.78, 5) is 15.7. The van der Waals surface area contributed by atoms with Gasteiger partial charge >= 0.3 is 5.97 Å². The number of aliphatic hydroxyl groups is 2. The van der Waals surface area contributed by atoms with Crippen molar-refractivity contribution in [1.29, 1.82) is 0 Å². The van der Waals surface area contributed by atoms with Crippen LogP contribution in [0, 0.1) is 43.2 Å². The van der Waals surface area contributed by atoms with Crippen LogP contribution in [0.15, 0.2) is 36.5 Å². The predicted octanol–water partition coefficient (Wildman–Crippen LogP) is 5.48. The van der Waals surface area contributed by atoms with Gasteiger partial charge in [0.15, 0.2) is 0 Å². The topological polar surface area (TPSA) is 109 Å². The highest BCUT2D eigenvalue weighted by molar-refractivity contribution is 5.78. The van der Waals surface area contributed by atoms with Gasteiger partial charge in [-0.3, -0.25) is 4.79 Å². The van der Waals surface area contributed by atoms with E-state index in [4.69, 9.17) is 9.47 Å². The molecule has 3 aliphatic rings. The first-order valence-corrected chi connectivity index (χ1v) is 14.3. The number of carboxylic acid groups (broad SMARTS) is 1. The number of carboxylic acids is 1. The fourth-order valence-corrected chi connectivity index (χ4v) is 7.13. The van der Waals surface area contributed by atoms with Gasteiger partial charge in [-0.05, 0) is 105 Å². The fourth-order valence-electron chi connectivity index (χ4n) is 7.13. The number of aliphatic carboxylic acids is 1. The summed E-state index contributed by atoms with van der Waals surface area (Å²) in [6.07, 6.45) is 3.16. The number of nitrogens with zero attached hydrogens (tertiary/aromatic N) is 1. The number of halogens is 2. The Labute approximate surface area is 243 Å². The molecule has 1 heterocycles. The number of benzene rings is 2. The lowest BCUT2D eigenvalue weighted by Crippen LogP contribution is -2.44. The Bertz CT molecular complexity index is 1550. The summed E-state index contributed by atoms with van der Waals surface area (Å²) in [6, 6.07) is 7.72. The first kappa shape index (κ1) is 28.6. The van der Waals surface area contributed by atoms with Gasteiger partial charge in [0.2, 0.25) is 5.88 Å². The smallest absolute Gasteiger partial charge is 0.307 e. The van der Waals surface area contributed by atoms with E-state index in [0.717, 1.165) is 28.3 Å². The second kappa shape index (κ2) is 10.0. The lowest BCUT2D eigenvalue weighted by Gasteiger charge is -2.31. The zero-order valence-corrected chi connectivity index (χ0v) is 24.1. The number of hydrogen-bond donors (Lipinski definition) is 3. The maximum atomic E-state index is 15.1. The van der Waals surface area contributed by atoms with Gasteiger partial charge in [-0.1, -0.05) is 0 Å². The van der Waals surface area contributed by atoms with Gasteiger partial charge in [0.25, 0.3) is 0 Å². The predicted molar refractivity (Wildman–Crippen MR) is 150 cm³/mol. The molecule has 2 fully saturated rings. The molecule has 3 aromatic rings. The van der Waals surface area contributed by atoms with E-state index in [2.05, 4.69) is 4.98 Å². The van der Waals surface area contributed by atoms with Crippen LogP contribution >= 0.6 is 0 Å². The molecule has 7 nitrogen and oxygen atoms in total. The van der Waals surface area contributed by atoms with E-state index in [-0.39, 0.29) is 41.4 Å². The summed E-state index contributed by atoms with van der Waals surface area (Å²) in [5.74, 6) is -1.52. The first-order valence-electron chi connectivity index (χ1n) is 14.3. The number of rotatable bonds is 8. The Balaban J connectivity index is 1.16. The molecule has 6 rings (SSSR count). The third-order valence-electron chi connectivity index (χ3n) is 9.57. The number of hydrogen-bond acceptors (Lipinski definition) is 6. The standard InChI is InChI=1S/C33H35F2NO6/c1-16-5-21(41-14-18-11-32(3,39)33(4,40)12-18)6-17(2)28(16)22-8-20(25(34)10-26(22)35)15-42-27-9-19-7-23-29(24(19)13-36-27)30(23)31(37)38/h5-6,8-10,13,18,23,29-30,39-40H,7,11-12,14-15H2,1-4H3,(H,37,38). The van der Waals surface area contributed by atoms with Gasteiger partial charge in [-0.15, -0.1) is 0 Å². The van der Waals surface area contributed by atoms with Gasteiger partial charge in [-0.2, -0.15) is 0 Å². The molecular formula is C33H35F2NO6. The van der Waals surface area contributed by atoms with E-state index >= 15 is 4.39 Å². The first-order chi connectivity index (χ1) is 19.8. The zero-order valence-electron chi connectivity index (χ0n) is 24.1. The van der Waals surface area contributed by atoms with E-state index < -0.39 is 28.8 Å². The van der Waals surface area contributed by atoms with Gasteiger partial charge in [-0.25, -0.2) is 13.8 Å². The number of fused-ring (bicyclic) bond motifs is 3. The molecule has 0 saturated heterocycles. The van der Waals surface area contributed by atoms with Crippen molar-refractivity contribution in [2.45, 2.75) is 70.7 Å². The van der Waals surface area contributed by atoms with E-state index in [1.54, 1.807) is 38.2 Å². The summed E-state index contributed by atoms with van der Waals surface area (Å²) >= 11 is 0. The fraction of sp³-hybridized carbons (Fsp3) is 0.455. The molecule has 0 aliphatic heterocycles. The van der Waals surface area contributed by atoms with Crippen LogP contribution < -0.4 is 9.47 Å². The maximum absolute atomic E-state index is 15.1. The molecule has 0 bridgehead atoms. The van der Waals surface area contributed by atoms with Crippen molar-refractivity contribution in [1.82, 2.24) is 4.98 Å². The number of ether oxygens (including phenoxy) is 2. The molecule has 42 heavy (non-hydrogen) atoms. The Morgan fingerprint density at radius 2 is 1.67 bits per heavy atom. The van der Waals surface area contributed by atoms with Crippen LogP contribution in [0.25, 0.3) is 11.1 Å². The Morgan fingerprint density at radius 1 is 1.00 bits per heavy atom. The highest BCUT2D eigenvalue weighted by atomic mass is 19.1. The molecule has 3 aliphatic carbocycles. The molecule has 3 N–H and O–H groups in total. The molecule has 1 aromatic heterocycles. The third-order valence-corrected chi connectivity index (χ3v) is 9.57. The average Bonchev–Trinajstić information content (AvgIpc) is 3.41. The Morgan fingerprint density at radius 3 is 2.31 bits per heavy atom. The van der Waals surface area contributed by atoms with Crippen molar-refractivity contribution >= 4 is 5.97 Å². The summed E-state index contributed by atoms with van der Waals surface area (Å²) in [7, 11) is 0. The highest BCUT2D eigenvalue weighted by Crippen LogP contribution is 2.61. The largest absolute Gasteiger partial charge is 0.493 e. The van der Waals surface area contributed by atoms with Crippen LogP contribution in [0.4, 0.5) is 8.78 Å². The van der Waals surface area contributed by atoms with E-state index in [1.165, 1.54) is 6.07 Å². The number of pyridine rings is 1. The maximum Gasteiger partial charge on any atom is 0.307 e. The molecule has 0 amide bonds. The Kier molecular flexibility index (Phi) is 6.81. The second-order valence-electron chi connectivity index (χ2n) is 12.8. The number of aryl methyl sites for hydroxylation is 2. The molecule has 2 saturated carbocycles. The summed E-state index contributed by atoms with van der Waals surface area (Å²) < 4.78 is 41.7. The molecular weight excluding hydrogens is 544 g/mol. The van der Waals surface area contributed by atoms with Crippen LogP contribution in [-0.4, -0.2) is 44.1 Å². The summed E-state index contributed by atoms with van der Waals surface area (Å²) in [5, 5.41) is 30.3. The minimum atomic E-state index is -1.18. The van der Waals surface area contributed by atoms with Crippen LogP contribution in [0.2, 0.25) is 0 Å². The molecule has 0 spiro atoms. The highest BCUT2D eigenvalue weighted by Gasteiger charge is 2.60. The van der Waals surface area contributed by atoms with Crippen molar-refractivity contribution in [3.63, 3.8) is 0 Å². The van der Waals surface area contributed by atoms with Gasteiger partial charge in [0.1, 0.15) is 24.0 Å². The molecule has 9 heteroatoms. The molecule has 222 valence electrons. The van der Waals surface area contributed by atoms with Crippen molar-refractivity contribution in [3.05, 3.63) is 76.0 Å². The van der Waals surface area contributed by atoms with Crippen molar-refractivity contribution < 1.29 is 38.4 Å². The second-order valence-corrected chi connectivity index (χ2v) is 12.8. The molecule has 0 radical (unpaired) electrons. The molecule has 5 unspecified atom stereocenters. The average molecular weight is 580 g/mol. The summed E-state index contributed by atoms with van der Waals surface area (Å²) in [5.41, 5.74) is 2.17. The van der Waals surface area contributed by atoms with E-state index in [0.29, 0.717) is 43.1 Å². The Hall–Kier alpha value is -3.56. The van der Waals surface area contributed by atoms with Crippen LogP contribution in [0.5, 0.6) is 11.6 Å². The summed E-state index contributed by atoms with van der Waals surface area (Å²) in [6.45, 7) is 7.13.